The molecule has 190 valence electrons. The summed E-state index contributed by atoms with van der Waals surface area (Å²) in [6.07, 6.45) is 1.65. The Morgan fingerprint density at radius 1 is 0.806 bits per heavy atom. The molecule has 0 aliphatic carbocycles. The highest BCUT2D eigenvalue weighted by Crippen LogP contribution is 2.40. The lowest BCUT2D eigenvalue weighted by molar-refractivity contribution is -0.126. The third kappa shape index (κ3) is 8.83. The van der Waals surface area contributed by atoms with Gasteiger partial charge < -0.3 is 14.2 Å². The Morgan fingerprint density at radius 3 is 2.03 bits per heavy atom. The maximum atomic E-state index is 12.5. The molecule has 3 aromatic carbocycles. The molecule has 3 rings (SSSR count). The molecule has 0 aromatic heterocycles. The van der Waals surface area contributed by atoms with Gasteiger partial charge >= 0.3 is 0 Å². The van der Waals surface area contributed by atoms with Crippen LogP contribution >= 0.6 is 15.9 Å². The third-order valence-electron chi connectivity index (χ3n) is 5.58. The molecule has 0 bridgehead atoms. The summed E-state index contributed by atoms with van der Waals surface area (Å²) in [6, 6.07) is 21.5. The van der Waals surface area contributed by atoms with Gasteiger partial charge in [0, 0.05) is 17.3 Å². The van der Waals surface area contributed by atoms with Crippen molar-refractivity contribution >= 4 is 27.5 Å². The summed E-state index contributed by atoms with van der Waals surface area (Å²) in [5.41, 5.74) is 3.01. The second kappa shape index (κ2) is 13.8. The lowest BCUT2D eigenvalue weighted by atomic mass is 10.0. The highest BCUT2D eigenvalue weighted by molar-refractivity contribution is 9.10. The molecule has 0 saturated carbocycles. The summed E-state index contributed by atoms with van der Waals surface area (Å²) >= 11 is 3.41. The molecule has 0 atom stereocenters. The average Bonchev–Trinajstić information content (AvgIpc) is 2.87. The van der Waals surface area contributed by atoms with Crippen LogP contribution in [-0.4, -0.2) is 24.8 Å². The van der Waals surface area contributed by atoms with Crippen molar-refractivity contribution in [2.45, 2.75) is 58.7 Å². The van der Waals surface area contributed by atoms with Crippen LogP contribution in [0.2, 0.25) is 0 Å². The van der Waals surface area contributed by atoms with Crippen molar-refractivity contribution in [2.75, 3.05) is 7.11 Å². The van der Waals surface area contributed by atoms with Crippen molar-refractivity contribution in [1.82, 2.24) is 0 Å². The molecule has 0 fully saturated rings. The predicted octanol–water partition coefficient (Wildman–Crippen LogP) is 6.92. The van der Waals surface area contributed by atoms with E-state index in [0.29, 0.717) is 43.1 Å². The number of carbonyl (C=O) groups excluding carboxylic acids is 2. The zero-order valence-electron chi connectivity index (χ0n) is 21.1. The Balaban J connectivity index is 1.61. The number of Topliss-reactive ketones (excluding diaryl/α,β-unsaturated/α-hetero) is 2. The van der Waals surface area contributed by atoms with E-state index in [-0.39, 0.29) is 30.5 Å². The zero-order valence-corrected chi connectivity index (χ0v) is 22.7. The monoisotopic (exact) mass is 552 g/mol. The molecule has 0 aliphatic rings. The van der Waals surface area contributed by atoms with Gasteiger partial charge in [-0.3, -0.25) is 9.59 Å². The van der Waals surface area contributed by atoms with E-state index in [2.05, 4.69) is 15.9 Å². The van der Waals surface area contributed by atoms with E-state index >= 15 is 0 Å². The number of aryl methyl sites for hydroxylation is 2. The van der Waals surface area contributed by atoms with Gasteiger partial charge in [0.25, 0.3) is 0 Å². The molecule has 6 heteroatoms. The number of halogens is 1. The maximum Gasteiger partial charge on any atom is 0.203 e. The van der Waals surface area contributed by atoms with Crippen molar-refractivity contribution in [3.8, 4) is 17.2 Å². The van der Waals surface area contributed by atoms with Gasteiger partial charge in [-0.15, -0.1) is 0 Å². The normalized spacial score (nSPS) is 10.8. The molecule has 36 heavy (non-hydrogen) atoms. The molecule has 0 N–H and O–H groups in total. The third-order valence-corrected chi connectivity index (χ3v) is 6.11. The first-order valence-corrected chi connectivity index (χ1v) is 13.0. The van der Waals surface area contributed by atoms with E-state index in [0.717, 1.165) is 21.2 Å². The van der Waals surface area contributed by atoms with Crippen LogP contribution in [0.3, 0.4) is 0 Å². The van der Waals surface area contributed by atoms with Gasteiger partial charge in [0.1, 0.15) is 18.2 Å². The number of ketones is 2. The van der Waals surface area contributed by atoms with Gasteiger partial charge in [0.05, 0.1) is 19.6 Å². The summed E-state index contributed by atoms with van der Waals surface area (Å²) in [4.78, 5) is 24.9. The lowest BCUT2D eigenvalue weighted by Gasteiger charge is -2.19. The Kier molecular flexibility index (Phi) is 10.6. The Hall–Kier alpha value is -3.12. The molecule has 5 nitrogen and oxygen atoms in total. The number of hydrogen-bond acceptors (Lipinski definition) is 5. The SMILES string of the molecule is COc1cc(CCC(=O)CC(=O)CCc2ccc(Br)cc2)cc(OCc2ccccc2)c1OC(C)C. The Morgan fingerprint density at radius 2 is 1.42 bits per heavy atom. The second-order valence-electron chi connectivity index (χ2n) is 8.95. The minimum absolute atomic E-state index is 0.0342. The number of methoxy groups -OCH3 is 1. The fraction of sp³-hybridized carbons (Fsp3) is 0.333. The molecule has 0 spiro atoms. The van der Waals surface area contributed by atoms with E-state index in [4.69, 9.17) is 14.2 Å². The van der Waals surface area contributed by atoms with E-state index in [1.807, 2.05) is 80.6 Å². The van der Waals surface area contributed by atoms with E-state index < -0.39 is 0 Å². The fourth-order valence-electron chi connectivity index (χ4n) is 3.74. The molecule has 0 radical (unpaired) electrons. The number of carbonyl (C=O) groups is 2. The maximum absolute atomic E-state index is 12.5. The summed E-state index contributed by atoms with van der Waals surface area (Å²) in [6.45, 7) is 4.27. The smallest absolute Gasteiger partial charge is 0.203 e. The average molecular weight is 553 g/mol. The first-order valence-electron chi connectivity index (χ1n) is 12.2. The molecule has 0 unspecified atom stereocenters. The largest absolute Gasteiger partial charge is 0.493 e. The molecule has 0 aliphatic heterocycles. The van der Waals surface area contributed by atoms with E-state index in [1.54, 1.807) is 7.11 Å². The van der Waals surface area contributed by atoms with Gasteiger partial charge in [-0.05, 0) is 67.6 Å². The summed E-state index contributed by atoms with van der Waals surface area (Å²) < 4.78 is 18.7. The summed E-state index contributed by atoms with van der Waals surface area (Å²) in [5, 5.41) is 0. The van der Waals surface area contributed by atoms with Crippen LogP contribution in [0.15, 0.2) is 71.2 Å². The highest BCUT2D eigenvalue weighted by atomic mass is 79.9. The lowest BCUT2D eigenvalue weighted by Crippen LogP contribution is -2.11. The van der Waals surface area contributed by atoms with Gasteiger partial charge in [-0.2, -0.15) is 0 Å². The van der Waals surface area contributed by atoms with E-state index in [9.17, 15) is 9.59 Å². The van der Waals surface area contributed by atoms with Crippen molar-refractivity contribution in [2.24, 2.45) is 0 Å². The van der Waals surface area contributed by atoms with Crippen molar-refractivity contribution in [1.29, 1.82) is 0 Å². The minimum atomic E-state index is -0.0657. The predicted molar refractivity (Wildman–Crippen MR) is 145 cm³/mol. The Labute approximate surface area is 221 Å². The molecular weight excluding hydrogens is 520 g/mol. The molecular formula is C30H33BrO5. The first kappa shape index (κ1) is 27.5. The first-order chi connectivity index (χ1) is 17.3. The van der Waals surface area contributed by atoms with Crippen molar-refractivity contribution in [3.05, 3.63) is 87.9 Å². The van der Waals surface area contributed by atoms with Crippen LogP contribution in [0.25, 0.3) is 0 Å². The number of rotatable bonds is 14. The highest BCUT2D eigenvalue weighted by Gasteiger charge is 2.18. The van der Waals surface area contributed by atoms with E-state index in [1.165, 1.54) is 0 Å². The number of benzene rings is 3. The number of ether oxygens (including phenoxy) is 3. The second-order valence-corrected chi connectivity index (χ2v) is 9.86. The van der Waals surface area contributed by atoms with Gasteiger partial charge in [-0.25, -0.2) is 0 Å². The van der Waals surface area contributed by atoms with Crippen molar-refractivity contribution < 1.29 is 23.8 Å². The molecule has 0 heterocycles. The number of hydrogen-bond donors (Lipinski definition) is 0. The topological polar surface area (TPSA) is 61.8 Å². The van der Waals surface area contributed by atoms with Crippen LogP contribution < -0.4 is 14.2 Å². The molecule has 0 amide bonds. The van der Waals surface area contributed by atoms with Crippen LogP contribution in [0.5, 0.6) is 17.2 Å². The minimum Gasteiger partial charge on any atom is -0.493 e. The van der Waals surface area contributed by atoms with Gasteiger partial charge in [-0.1, -0.05) is 58.4 Å². The van der Waals surface area contributed by atoms with Crippen LogP contribution in [0.4, 0.5) is 0 Å². The fourth-order valence-corrected chi connectivity index (χ4v) is 4.00. The molecule has 0 saturated heterocycles. The molecule has 3 aromatic rings. The quantitative estimate of drug-likeness (QED) is 0.203. The standard InChI is InChI=1S/C30H33BrO5/c1-21(2)36-30-28(34-3)17-24(18-29(30)35-20-23-7-5-4-6-8-23)12-16-27(33)19-26(32)15-11-22-9-13-25(31)14-10-22/h4-10,13-14,17-18,21H,11-12,15-16,19-20H2,1-3H3. The summed E-state index contributed by atoms with van der Waals surface area (Å²) in [7, 11) is 1.59. The zero-order chi connectivity index (χ0) is 25.9. The van der Waals surface area contributed by atoms with Gasteiger partial charge in [0.2, 0.25) is 5.75 Å². The Bertz CT molecular complexity index is 1140. The van der Waals surface area contributed by atoms with Gasteiger partial charge in [0.15, 0.2) is 11.5 Å². The summed E-state index contributed by atoms with van der Waals surface area (Å²) in [5.74, 6) is 1.57. The van der Waals surface area contributed by atoms with Crippen LogP contribution in [0, 0.1) is 0 Å². The van der Waals surface area contributed by atoms with Crippen LogP contribution in [0.1, 0.15) is 49.8 Å². The van der Waals surface area contributed by atoms with Crippen molar-refractivity contribution in [3.63, 3.8) is 0 Å². The van der Waals surface area contributed by atoms with Crippen LogP contribution in [-0.2, 0) is 29.0 Å².